The molecular weight excluding hydrogens is 176 g/mol. The molecule has 76 valence electrons. The second-order valence-electron chi connectivity index (χ2n) is 4.02. The van der Waals surface area contributed by atoms with E-state index in [1.165, 1.54) is 0 Å². The smallest absolute Gasteiger partial charge is 0.109 e. The number of hydrogen-bond donors (Lipinski definition) is 1. The van der Waals surface area contributed by atoms with Gasteiger partial charge in [-0.1, -0.05) is 37.3 Å². The fourth-order valence-corrected chi connectivity index (χ4v) is 1.91. The third-order valence-electron chi connectivity index (χ3n) is 3.08. The van der Waals surface area contributed by atoms with E-state index in [2.05, 4.69) is 0 Å². The van der Waals surface area contributed by atoms with Crippen molar-refractivity contribution in [3.63, 3.8) is 0 Å². The van der Waals surface area contributed by atoms with Gasteiger partial charge < -0.3 is 9.84 Å². The number of rotatable bonds is 1. The fraction of sp³-hybridized carbons (Fsp3) is 0.500. The topological polar surface area (TPSA) is 29.5 Å². The minimum absolute atomic E-state index is 0.134. The lowest BCUT2D eigenvalue weighted by atomic mass is 9.96. The molecule has 0 radical (unpaired) electrons. The highest BCUT2D eigenvalue weighted by molar-refractivity contribution is 5.20. The Morgan fingerprint density at radius 3 is 2.29 bits per heavy atom. The zero-order valence-electron chi connectivity index (χ0n) is 8.55. The highest BCUT2D eigenvalue weighted by atomic mass is 16.5. The highest BCUT2D eigenvalue weighted by Crippen LogP contribution is 2.36. The number of hydrogen-bond acceptors (Lipinski definition) is 2. The van der Waals surface area contributed by atoms with Crippen molar-refractivity contribution in [2.24, 2.45) is 5.92 Å². The Morgan fingerprint density at radius 1 is 1.14 bits per heavy atom. The Morgan fingerprint density at radius 2 is 1.79 bits per heavy atom. The quantitative estimate of drug-likeness (QED) is 0.738. The first-order valence-corrected chi connectivity index (χ1v) is 5.08. The molecule has 0 aliphatic carbocycles. The molecule has 1 aromatic carbocycles. The van der Waals surface area contributed by atoms with Gasteiger partial charge in [-0.2, -0.15) is 0 Å². The first kappa shape index (κ1) is 9.69. The van der Waals surface area contributed by atoms with E-state index in [4.69, 9.17) is 4.74 Å². The molecule has 2 heteroatoms. The van der Waals surface area contributed by atoms with Gasteiger partial charge in [0.2, 0.25) is 0 Å². The van der Waals surface area contributed by atoms with Crippen LogP contribution in [0, 0.1) is 5.92 Å². The maximum Gasteiger partial charge on any atom is 0.109 e. The SMILES string of the molecule is C[C@@H]1[C@H](O)[C@H](c2ccccc2)O[C@H]1C. The van der Waals surface area contributed by atoms with E-state index in [0.29, 0.717) is 0 Å². The summed E-state index contributed by atoms with van der Waals surface area (Å²) in [6.07, 6.45) is -0.399. The summed E-state index contributed by atoms with van der Waals surface area (Å²) in [5.41, 5.74) is 1.07. The summed E-state index contributed by atoms with van der Waals surface area (Å²) in [5.74, 6) is 0.209. The predicted octanol–water partition coefficient (Wildman–Crippen LogP) is 2.14. The average Bonchev–Trinajstić information content (AvgIpc) is 2.47. The largest absolute Gasteiger partial charge is 0.390 e. The molecule has 0 saturated carbocycles. The number of ether oxygens (including phenoxy) is 1. The second-order valence-corrected chi connectivity index (χ2v) is 4.02. The fourth-order valence-electron chi connectivity index (χ4n) is 1.91. The molecule has 14 heavy (non-hydrogen) atoms. The van der Waals surface area contributed by atoms with Crippen LogP contribution in [0.5, 0.6) is 0 Å². The van der Waals surface area contributed by atoms with Crippen LogP contribution in [0.15, 0.2) is 30.3 Å². The van der Waals surface area contributed by atoms with E-state index in [9.17, 15) is 5.11 Å². The first-order valence-electron chi connectivity index (χ1n) is 5.08. The molecule has 0 aromatic heterocycles. The van der Waals surface area contributed by atoms with Crippen molar-refractivity contribution in [3.05, 3.63) is 35.9 Å². The van der Waals surface area contributed by atoms with E-state index < -0.39 is 0 Å². The van der Waals surface area contributed by atoms with Crippen LogP contribution in [0.2, 0.25) is 0 Å². The van der Waals surface area contributed by atoms with Gasteiger partial charge in [-0.15, -0.1) is 0 Å². The van der Waals surface area contributed by atoms with E-state index in [-0.39, 0.29) is 24.2 Å². The molecule has 2 rings (SSSR count). The van der Waals surface area contributed by atoms with Crippen molar-refractivity contribution in [3.8, 4) is 0 Å². The molecule has 4 atom stereocenters. The highest BCUT2D eigenvalue weighted by Gasteiger charge is 2.38. The molecule has 0 unspecified atom stereocenters. The monoisotopic (exact) mass is 192 g/mol. The van der Waals surface area contributed by atoms with Crippen molar-refractivity contribution in [2.45, 2.75) is 32.2 Å². The van der Waals surface area contributed by atoms with Gasteiger partial charge in [-0.3, -0.25) is 0 Å². The van der Waals surface area contributed by atoms with Crippen LogP contribution in [0.4, 0.5) is 0 Å². The molecule has 1 fully saturated rings. The van der Waals surface area contributed by atoms with Gasteiger partial charge in [0.25, 0.3) is 0 Å². The molecule has 1 aromatic rings. The molecule has 1 aliphatic rings. The summed E-state index contributed by atoms with van der Waals surface area (Å²) in [4.78, 5) is 0. The Kier molecular flexibility index (Phi) is 2.57. The molecule has 2 nitrogen and oxygen atoms in total. The summed E-state index contributed by atoms with van der Waals surface area (Å²) in [5, 5.41) is 9.96. The van der Waals surface area contributed by atoms with E-state index in [1.807, 2.05) is 44.2 Å². The summed E-state index contributed by atoms with van der Waals surface area (Å²) in [7, 11) is 0. The lowest BCUT2D eigenvalue weighted by Gasteiger charge is -2.15. The molecule has 1 heterocycles. The lowest BCUT2D eigenvalue weighted by Crippen LogP contribution is -2.20. The summed E-state index contributed by atoms with van der Waals surface area (Å²) < 4.78 is 5.72. The van der Waals surface area contributed by atoms with Crippen LogP contribution in [0.25, 0.3) is 0 Å². The van der Waals surface area contributed by atoms with Crippen molar-refractivity contribution >= 4 is 0 Å². The van der Waals surface area contributed by atoms with Gasteiger partial charge in [0.15, 0.2) is 0 Å². The van der Waals surface area contributed by atoms with Crippen molar-refractivity contribution < 1.29 is 9.84 Å². The van der Waals surface area contributed by atoms with E-state index in [1.54, 1.807) is 0 Å². The summed E-state index contributed by atoms with van der Waals surface area (Å²) in [6.45, 7) is 4.04. The molecule has 0 spiro atoms. The molecule has 1 N–H and O–H groups in total. The Hall–Kier alpha value is -0.860. The zero-order valence-corrected chi connectivity index (χ0v) is 8.55. The minimum Gasteiger partial charge on any atom is -0.390 e. The Bertz CT molecular complexity index is 296. The molecular formula is C12H16O2. The Balaban J connectivity index is 2.21. The van der Waals surface area contributed by atoms with Gasteiger partial charge >= 0.3 is 0 Å². The first-order chi connectivity index (χ1) is 6.70. The zero-order chi connectivity index (χ0) is 10.1. The van der Waals surface area contributed by atoms with Gasteiger partial charge in [0, 0.05) is 5.92 Å². The normalized spacial score (nSPS) is 37.4. The van der Waals surface area contributed by atoms with Gasteiger partial charge in [0.05, 0.1) is 12.2 Å². The van der Waals surface area contributed by atoms with Crippen molar-refractivity contribution in [2.75, 3.05) is 0 Å². The van der Waals surface area contributed by atoms with Crippen LogP contribution < -0.4 is 0 Å². The van der Waals surface area contributed by atoms with Gasteiger partial charge in [-0.25, -0.2) is 0 Å². The van der Waals surface area contributed by atoms with Crippen LogP contribution in [0.3, 0.4) is 0 Å². The van der Waals surface area contributed by atoms with E-state index in [0.717, 1.165) is 5.56 Å². The third-order valence-corrected chi connectivity index (χ3v) is 3.08. The maximum atomic E-state index is 9.96. The van der Waals surface area contributed by atoms with Crippen LogP contribution in [0.1, 0.15) is 25.5 Å². The molecule has 1 saturated heterocycles. The number of aliphatic hydroxyl groups excluding tert-OH is 1. The molecule has 0 amide bonds. The predicted molar refractivity (Wildman–Crippen MR) is 54.9 cm³/mol. The standard InChI is InChI=1S/C12H16O2/c1-8-9(2)14-12(11(8)13)10-6-4-3-5-7-10/h3-9,11-13H,1-2H3/t8-,9-,11-,12-/m0/s1. The van der Waals surface area contributed by atoms with Crippen LogP contribution >= 0.6 is 0 Å². The molecule has 0 bridgehead atoms. The third kappa shape index (κ3) is 1.56. The maximum absolute atomic E-state index is 9.96. The van der Waals surface area contributed by atoms with E-state index >= 15 is 0 Å². The Labute approximate surface area is 84.5 Å². The summed E-state index contributed by atoms with van der Waals surface area (Å²) >= 11 is 0. The summed E-state index contributed by atoms with van der Waals surface area (Å²) in [6, 6.07) is 9.91. The number of aliphatic hydroxyl groups is 1. The van der Waals surface area contributed by atoms with Crippen molar-refractivity contribution in [1.29, 1.82) is 0 Å². The van der Waals surface area contributed by atoms with Crippen molar-refractivity contribution in [1.82, 2.24) is 0 Å². The number of benzene rings is 1. The minimum atomic E-state index is -0.382. The van der Waals surface area contributed by atoms with Crippen LogP contribution in [-0.4, -0.2) is 17.3 Å². The molecule has 1 aliphatic heterocycles. The second kappa shape index (κ2) is 3.71. The van der Waals surface area contributed by atoms with Gasteiger partial charge in [0.1, 0.15) is 6.10 Å². The van der Waals surface area contributed by atoms with Crippen LogP contribution in [-0.2, 0) is 4.74 Å². The van der Waals surface area contributed by atoms with Gasteiger partial charge in [-0.05, 0) is 12.5 Å². The lowest BCUT2D eigenvalue weighted by molar-refractivity contribution is 0.0151. The average molecular weight is 192 g/mol.